The van der Waals surface area contributed by atoms with Crippen molar-refractivity contribution in [3.05, 3.63) is 0 Å². The fraction of sp³-hybridized carbons (Fsp3) is 1.00. The molecule has 0 aromatic carbocycles. The second-order valence-corrected chi connectivity index (χ2v) is 4.33. The van der Waals surface area contributed by atoms with Gasteiger partial charge in [0.1, 0.15) is 0 Å². The van der Waals surface area contributed by atoms with Crippen LogP contribution in [0, 0.1) is 0 Å². The van der Waals surface area contributed by atoms with E-state index in [1.807, 2.05) is 0 Å². The normalized spacial score (nSPS) is 19.2. The predicted molar refractivity (Wildman–Crippen MR) is 61.2 cm³/mol. The molecule has 0 unspecified atom stereocenters. The van der Waals surface area contributed by atoms with Crippen LogP contribution in [0.1, 0.15) is 13.8 Å². The van der Waals surface area contributed by atoms with E-state index in [1.54, 1.807) is 7.11 Å². The first-order valence-corrected chi connectivity index (χ1v) is 5.76. The third-order valence-corrected chi connectivity index (χ3v) is 2.91. The molecule has 4 nitrogen and oxygen atoms in total. The Balaban J connectivity index is 2.05. The van der Waals surface area contributed by atoms with E-state index in [4.69, 9.17) is 9.47 Å². The number of hydrogen-bond donors (Lipinski definition) is 1. The molecule has 0 bridgehead atoms. The Morgan fingerprint density at radius 2 is 1.93 bits per heavy atom. The molecule has 4 heteroatoms. The van der Waals surface area contributed by atoms with E-state index in [-0.39, 0.29) is 5.60 Å². The van der Waals surface area contributed by atoms with Crippen molar-refractivity contribution in [2.24, 2.45) is 0 Å². The number of likely N-dealkylation sites (N-methyl/N-ethyl adjacent to an activating group) is 1. The first kappa shape index (κ1) is 12.9. The summed E-state index contributed by atoms with van der Waals surface area (Å²) in [5, 5.41) is 3.23. The zero-order valence-electron chi connectivity index (χ0n) is 10.2. The van der Waals surface area contributed by atoms with Crippen molar-refractivity contribution in [2.45, 2.75) is 19.4 Å². The molecular weight excluding hydrogens is 192 g/mol. The van der Waals surface area contributed by atoms with Gasteiger partial charge in [0.15, 0.2) is 0 Å². The van der Waals surface area contributed by atoms with Crippen molar-refractivity contribution >= 4 is 0 Å². The van der Waals surface area contributed by atoms with E-state index in [9.17, 15) is 0 Å². The van der Waals surface area contributed by atoms with Gasteiger partial charge in [-0.1, -0.05) is 6.92 Å². The van der Waals surface area contributed by atoms with Gasteiger partial charge in [-0.05, 0) is 13.5 Å². The van der Waals surface area contributed by atoms with Gasteiger partial charge < -0.3 is 14.8 Å². The highest BCUT2D eigenvalue weighted by molar-refractivity contribution is 4.90. The van der Waals surface area contributed by atoms with Crippen LogP contribution in [-0.2, 0) is 9.47 Å². The summed E-state index contributed by atoms with van der Waals surface area (Å²) in [5.74, 6) is 0. The Morgan fingerprint density at radius 3 is 2.40 bits per heavy atom. The van der Waals surface area contributed by atoms with Gasteiger partial charge in [-0.25, -0.2) is 0 Å². The first-order chi connectivity index (χ1) is 7.20. The molecule has 0 amide bonds. The monoisotopic (exact) mass is 216 g/mol. The van der Waals surface area contributed by atoms with Crippen molar-refractivity contribution in [1.82, 2.24) is 10.2 Å². The van der Waals surface area contributed by atoms with Gasteiger partial charge in [0.2, 0.25) is 0 Å². The van der Waals surface area contributed by atoms with E-state index in [2.05, 4.69) is 24.1 Å². The molecule has 1 fully saturated rings. The molecule has 0 saturated carbocycles. The summed E-state index contributed by atoms with van der Waals surface area (Å²) < 4.78 is 10.9. The van der Waals surface area contributed by atoms with Crippen LogP contribution in [0.4, 0.5) is 0 Å². The Hall–Kier alpha value is -0.160. The van der Waals surface area contributed by atoms with Crippen molar-refractivity contribution < 1.29 is 9.47 Å². The topological polar surface area (TPSA) is 33.7 Å². The summed E-state index contributed by atoms with van der Waals surface area (Å²) in [4.78, 5) is 2.35. The zero-order valence-corrected chi connectivity index (χ0v) is 10.2. The lowest BCUT2D eigenvalue weighted by Gasteiger charge is -2.39. The Morgan fingerprint density at radius 1 is 1.27 bits per heavy atom. The maximum absolute atomic E-state index is 5.83. The van der Waals surface area contributed by atoms with Crippen molar-refractivity contribution in [3.8, 4) is 0 Å². The van der Waals surface area contributed by atoms with Crippen molar-refractivity contribution in [2.75, 3.05) is 53.0 Å². The van der Waals surface area contributed by atoms with Crippen LogP contribution in [-0.4, -0.2) is 63.5 Å². The predicted octanol–water partition coefficient (Wildman–Crippen LogP) is 0.333. The number of hydrogen-bond acceptors (Lipinski definition) is 4. The van der Waals surface area contributed by atoms with Crippen molar-refractivity contribution in [1.29, 1.82) is 0 Å². The smallest absolute Gasteiger partial charge is 0.0902 e. The molecule has 1 saturated heterocycles. The second kappa shape index (κ2) is 6.43. The fourth-order valence-electron chi connectivity index (χ4n) is 1.65. The summed E-state index contributed by atoms with van der Waals surface area (Å²) in [7, 11) is 1.74. The van der Waals surface area contributed by atoms with Crippen molar-refractivity contribution in [3.63, 3.8) is 0 Å². The van der Waals surface area contributed by atoms with Gasteiger partial charge in [0, 0.05) is 33.3 Å². The van der Waals surface area contributed by atoms with Gasteiger partial charge in [0.25, 0.3) is 0 Å². The van der Waals surface area contributed by atoms with Gasteiger partial charge in [0.05, 0.1) is 18.8 Å². The highest BCUT2D eigenvalue weighted by Gasteiger charge is 2.32. The summed E-state index contributed by atoms with van der Waals surface area (Å²) >= 11 is 0. The average molecular weight is 216 g/mol. The lowest BCUT2D eigenvalue weighted by molar-refractivity contribution is -0.0725. The number of rotatable bonds is 8. The van der Waals surface area contributed by atoms with Crippen LogP contribution in [0.5, 0.6) is 0 Å². The largest absolute Gasteiger partial charge is 0.383 e. The molecule has 1 heterocycles. The van der Waals surface area contributed by atoms with E-state index < -0.39 is 0 Å². The number of nitrogens with one attached hydrogen (secondary N) is 1. The van der Waals surface area contributed by atoms with Crippen LogP contribution in [0.2, 0.25) is 0 Å². The van der Waals surface area contributed by atoms with Crippen LogP contribution in [0.3, 0.4) is 0 Å². The molecule has 0 spiro atoms. The molecule has 0 atom stereocenters. The van der Waals surface area contributed by atoms with Crippen LogP contribution in [0.25, 0.3) is 0 Å². The van der Waals surface area contributed by atoms with Gasteiger partial charge >= 0.3 is 0 Å². The molecule has 0 aromatic heterocycles. The number of nitrogens with zero attached hydrogens (tertiary/aromatic N) is 1. The lowest BCUT2D eigenvalue weighted by Crippen LogP contribution is -2.59. The molecule has 0 aliphatic carbocycles. The molecule has 1 N–H and O–H groups in total. The Labute approximate surface area is 92.9 Å². The molecule has 1 aliphatic heterocycles. The molecule has 0 radical (unpaired) electrons. The summed E-state index contributed by atoms with van der Waals surface area (Å²) in [6.45, 7) is 11.0. The summed E-state index contributed by atoms with van der Waals surface area (Å²) in [5.41, 5.74) is 0.0840. The summed E-state index contributed by atoms with van der Waals surface area (Å²) in [6.07, 6.45) is 0. The number of methoxy groups -OCH3 is 1. The SMILES string of the molecule is CCN(CCOC)CCOC1(C)CNC1. The Bertz CT molecular complexity index is 172. The van der Waals surface area contributed by atoms with Gasteiger partial charge in [-0.2, -0.15) is 0 Å². The second-order valence-electron chi connectivity index (χ2n) is 4.33. The minimum atomic E-state index is 0.0840. The molecule has 1 aliphatic rings. The number of ether oxygens (including phenoxy) is 2. The molecule has 0 aromatic rings. The molecule has 15 heavy (non-hydrogen) atoms. The fourth-order valence-corrected chi connectivity index (χ4v) is 1.65. The van der Waals surface area contributed by atoms with E-state index >= 15 is 0 Å². The van der Waals surface area contributed by atoms with Crippen LogP contribution < -0.4 is 5.32 Å². The standard InChI is InChI=1S/C11H24N2O2/c1-4-13(5-7-14-3)6-8-15-11(2)9-12-10-11/h12H,4-10H2,1-3H3. The molecule has 90 valence electrons. The van der Waals surface area contributed by atoms with Crippen LogP contribution in [0.15, 0.2) is 0 Å². The lowest BCUT2D eigenvalue weighted by atomic mass is 10.0. The summed E-state index contributed by atoms with van der Waals surface area (Å²) in [6, 6.07) is 0. The average Bonchev–Trinajstić information content (AvgIpc) is 2.20. The van der Waals surface area contributed by atoms with E-state index in [1.165, 1.54) is 0 Å². The van der Waals surface area contributed by atoms with E-state index in [0.717, 1.165) is 45.9 Å². The van der Waals surface area contributed by atoms with Gasteiger partial charge in [-0.15, -0.1) is 0 Å². The van der Waals surface area contributed by atoms with E-state index in [0.29, 0.717) is 0 Å². The highest BCUT2D eigenvalue weighted by Crippen LogP contribution is 2.14. The third kappa shape index (κ3) is 4.47. The maximum Gasteiger partial charge on any atom is 0.0902 e. The highest BCUT2D eigenvalue weighted by atomic mass is 16.5. The zero-order chi connectivity index (χ0) is 11.1. The quantitative estimate of drug-likeness (QED) is 0.634. The third-order valence-electron chi connectivity index (χ3n) is 2.91. The minimum absolute atomic E-state index is 0.0840. The minimum Gasteiger partial charge on any atom is -0.383 e. The molecule has 1 rings (SSSR count). The Kier molecular flexibility index (Phi) is 5.53. The maximum atomic E-state index is 5.83. The van der Waals surface area contributed by atoms with Crippen LogP contribution >= 0.6 is 0 Å². The molecular formula is C11H24N2O2. The van der Waals surface area contributed by atoms with Gasteiger partial charge in [-0.3, -0.25) is 4.90 Å². The first-order valence-electron chi connectivity index (χ1n) is 5.76.